The first-order valence-corrected chi connectivity index (χ1v) is 9.02. The predicted molar refractivity (Wildman–Crippen MR) is 104 cm³/mol. The third-order valence-electron chi connectivity index (χ3n) is 4.25. The Morgan fingerprint density at radius 2 is 1.59 bits per heavy atom. The van der Waals surface area contributed by atoms with Gasteiger partial charge in [-0.1, -0.05) is 75.4 Å². The molecule has 0 bridgehead atoms. The first-order valence-electron chi connectivity index (χ1n) is 9.02. The van der Waals surface area contributed by atoms with Crippen molar-refractivity contribution in [1.29, 1.82) is 0 Å². The molecule has 0 fully saturated rings. The van der Waals surface area contributed by atoms with Crippen LogP contribution in [0.3, 0.4) is 0 Å². The molecule has 2 aromatic carbocycles. The molecule has 0 aliphatic carbocycles. The molecule has 0 aliphatic heterocycles. The summed E-state index contributed by atoms with van der Waals surface area (Å²) in [7, 11) is 0. The summed E-state index contributed by atoms with van der Waals surface area (Å²) in [6, 6.07) is 17.4. The second-order valence-electron chi connectivity index (χ2n) is 7.55. The highest BCUT2D eigenvalue weighted by Crippen LogP contribution is 2.22. The lowest BCUT2D eigenvalue weighted by Crippen LogP contribution is -2.33. The van der Waals surface area contributed by atoms with Gasteiger partial charge in [-0.15, -0.1) is 0 Å². The van der Waals surface area contributed by atoms with Crippen LogP contribution in [0, 0.1) is 0 Å². The maximum Gasteiger partial charge on any atom is 0.410 e. The minimum absolute atomic E-state index is 0.0517. The van der Waals surface area contributed by atoms with Crippen molar-refractivity contribution >= 4 is 12.1 Å². The summed E-state index contributed by atoms with van der Waals surface area (Å²) in [5.74, 6) is -0.945. The van der Waals surface area contributed by atoms with Crippen LogP contribution in [0.4, 0.5) is 4.79 Å². The van der Waals surface area contributed by atoms with Crippen LogP contribution in [-0.2, 0) is 28.1 Å². The molecule has 1 amide bonds. The number of nitrogens with zero attached hydrogens (tertiary/aromatic N) is 1. The van der Waals surface area contributed by atoms with Gasteiger partial charge in [0.15, 0.2) is 0 Å². The molecule has 0 saturated carbocycles. The maximum atomic E-state index is 12.5. The third kappa shape index (κ3) is 6.77. The SMILES string of the molecule is CC(C)(C)c1ccc(CN(CCC(=O)O)C(=O)OCc2ccccc2)cc1. The maximum absolute atomic E-state index is 12.5. The van der Waals surface area contributed by atoms with Gasteiger partial charge in [0.1, 0.15) is 6.61 Å². The first-order chi connectivity index (χ1) is 12.8. The number of hydrogen-bond acceptors (Lipinski definition) is 3. The Labute approximate surface area is 160 Å². The van der Waals surface area contributed by atoms with Gasteiger partial charge in [0.2, 0.25) is 0 Å². The first kappa shape index (κ1) is 20.5. The van der Waals surface area contributed by atoms with Crippen LogP contribution in [0.15, 0.2) is 54.6 Å². The molecule has 0 spiro atoms. The van der Waals surface area contributed by atoms with Crippen LogP contribution >= 0.6 is 0 Å². The molecule has 2 aromatic rings. The molecule has 5 heteroatoms. The van der Waals surface area contributed by atoms with E-state index in [2.05, 4.69) is 20.8 Å². The molecule has 27 heavy (non-hydrogen) atoms. The van der Waals surface area contributed by atoms with Crippen LogP contribution in [0.5, 0.6) is 0 Å². The van der Waals surface area contributed by atoms with Crippen molar-refractivity contribution in [2.45, 2.75) is 45.8 Å². The lowest BCUT2D eigenvalue weighted by molar-refractivity contribution is -0.137. The zero-order valence-electron chi connectivity index (χ0n) is 16.1. The highest BCUT2D eigenvalue weighted by Gasteiger charge is 2.18. The number of carbonyl (C=O) groups is 2. The summed E-state index contributed by atoms with van der Waals surface area (Å²) in [5, 5.41) is 8.97. The molecule has 144 valence electrons. The number of carbonyl (C=O) groups excluding carboxylic acids is 1. The average molecular weight is 369 g/mol. The summed E-state index contributed by atoms with van der Waals surface area (Å²) in [6.07, 6.45) is -0.638. The molecule has 0 unspecified atom stereocenters. The van der Waals surface area contributed by atoms with E-state index in [4.69, 9.17) is 9.84 Å². The summed E-state index contributed by atoms with van der Waals surface area (Å²) < 4.78 is 5.37. The summed E-state index contributed by atoms with van der Waals surface area (Å²) >= 11 is 0. The van der Waals surface area contributed by atoms with E-state index >= 15 is 0 Å². The monoisotopic (exact) mass is 369 g/mol. The number of carboxylic acid groups (broad SMARTS) is 1. The fourth-order valence-corrected chi connectivity index (χ4v) is 2.61. The van der Waals surface area contributed by atoms with Crippen LogP contribution in [-0.4, -0.2) is 28.6 Å². The predicted octanol–water partition coefficient (Wildman–Crippen LogP) is 4.60. The Morgan fingerprint density at radius 1 is 0.963 bits per heavy atom. The number of aliphatic carboxylic acids is 1. The molecule has 0 radical (unpaired) electrons. The third-order valence-corrected chi connectivity index (χ3v) is 4.25. The standard InChI is InChI=1S/C22H27NO4/c1-22(2,3)19-11-9-17(10-12-19)15-23(14-13-20(24)25)21(26)27-16-18-7-5-4-6-8-18/h4-12H,13-16H2,1-3H3,(H,24,25). The molecule has 1 N–H and O–H groups in total. The number of hydrogen-bond donors (Lipinski definition) is 1. The fraction of sp³-hybridized carbons (Fsp3) is 0.364. The number of benzene rings is 2. The minimum Gasteiger partial charge on any atom is -0.481 e. The van der Waals surface area contributed by atoms with Gasteiger partial charge in [0.05, 0.1) is 6.42 Å². The van der Waals surface area contributed by atoms with E-state index in [1.807, 2.05) is 54.6 Å². The van der Waals surface area contributed by atoms with E-state index in [1.165, 1.54) is 10.5 Å². The van der Waals surface area contributed by atoms with E-state index < -0.39 is 12.1 Å². The van der Waals surface area contributed by atoms with E-state index in [9.17, 15) is 9.59 Å². The van der Waals surface area contributed by atoms with Gasteiger partial charge < -0.3 is 14.7 Å². The molecule has 0 aliphatic rings. The van der Waals surface area contributed by atoms with Crippen molar-refractivity contribution in [3.05, 3.63) is 71.3 Å². The van der Waals surface area contributed by atoms with Crippen LogP contribution in [0.25, 0.3) is 0 Å². The second-order valence-corrected chi connectivity index (χ2v) is 7.55. The number of rotatable bonds is 7. The molecule has 0 heterocycles. The highest BCUT2D eigenvalue weighted by atomic mass is 16.6. The fourth-order valence-electron chi connectivity index (χ4n) is 2.61. The van der Waals surface area contributed by atoms with Crippen molar-refractivity contribution in [3.8, 4) is 0 Å². The molecular weight excluding hydrogens is 342 g/mol. The zero-order chi connectivity index (χ0) is 19.9. The van der Waals surface area contributed by atoms with Crippen molar-refractivity contribution in [2.24, 2.45) is 0 Å². The van der Waals surface area contributed by atoms with Gasteiger partial charge in [-0.05, 0) is 22.1 Å². The van der Waals surface area contributed by atoms with Gasteiger partial charge in [0.25, 0.3) is 0 Å². The largest absolute Gasteiger partial charge is 0.481 e. The summed E-state index contributed by atoms with van der Waals surface area (Å²) in [5.41, 5.74) is 3.08. The molecule has 2 rings (SSSR count). The average Bonchev–Trinajstić information content (AvgIpc) is 2.63. The lowest BCUT2D eigenvalue weighted by Gasteiger charge is -2.23. The Hall–Kier alpha value is -2.82. The Kier molecular flexibility index (Phi) is 6.99. The Balaban J connectivity index is 2.04. The number of carboxylic acids is 1. The van der Waals surface area contributed by atoms with E-state index in [-0.39, 0.29) is 25.0 Å². The molecule has 0 atom stereocenters. The Morgan fingerprint density at radius 3 is 2.15 bits per heavy atom. The molecule has 5 nitrogen and oxygen atoms in total. The number of amides is 1. The van der Waals surface area contributed by atoms with Crippen LogP contribution in [0.2, 0.25) is 0 Å². The van der Waals surface area contributed by atoms with Gasteiger partial charge in [-0.25, -0.2) is 4.79 Å². The smallest absolute Gasteiger partial charge is 0.410 e. The molecule has 0 aromatic heterocycles. The van der Waals surface area contributed by atoms with Gasteiger partial charge in [-0.3, -0.25) is 4.79 Å². The molecule has 0 saturated heterocycles. The normalized spacial score (nSPS) is 11.1. The van der Waals surface area contributed by atoms with Crippen LogP contribution in [0.1, 0.15) is 43.9 Å². The van der Waals surface area contributed by atoms with E-state index in [1.54, 1.807) is 0 Å². The zero-order valence-corrected chi connectivity index (χ0v) is 16.1. The quantitative estimate of drug-likeness (QED) is 0.775. The van der Waals surface area contributed by atoms with Gasteiger partial charge >= 0.3 is 12.1 Å². The van der Waals surface area contributed by atoms with Crippen LogP contribution < -0.4 is 0 Å². The van der Waals surface area contributed by atoms with Gasteiger partial charge in [0, 0.05) is 13.1 Å². The Bertz CT molecular complexity index is 748. The topological polar surface area (TPSA) is 66.8 Å². The lowest BCUT2D eigenvalue weighted by atomic mass is 9.87. The summed E-state index contributed by atoms with van der Waals surface area (Å²) in [6.45, 7) is 6.99. The van der Waals surface area contributed by atoms with Crippen molar-refractivity contribution in [1.82, 2.24) is 4.90 Å². The minimum atomic E-state index is -0.945. The van der Waals surface area contributed by atoms with Gasteiger partial charge in [-0.2, -0.15) is 0 Å². The number of ether oxygens (including phenoxy) is 1. The molecular formula is C22H27NO4. The van der Waals surface area contributed by atoms with E-state index in [0.717, 1.165) is 11.1 Å². The van der Waals surface area contributed by atoms with E-state index in [0.29, 0.717) is 6.54 Å². The van der Waals surface area contributed by atoms with Crippen molar-refractivity contribution < 1.29 is 19.4 Å². The van der Waals surface area contributed by atoms with Crippen molar-refractivity contribution in [2.75, 3.05) is 6.54 Å². The van der Waals surface area contributed by atoms with Crippen molar-refractivity contribution in [3.63, 3.8) is 0 Å². The highest BCUT2D eigenvalue weighted by molar-refractivity contribution is 5.70. The second kappa shape index (κ2) is 9.21. The summed E-state index contributed by atoms with van der Waals surface area (Å²) in [4.78, 5) is 24.8.